The lowest BCUT2D eigenvalue weighted by Crippen LogP contribution is -2.27. The van der Waals surface area contributed by atoms with Gasteiger partial charge in [0.1, 0.15) is 11.4 Å². The van der Waals surface area contributed by atoms with Crippen molar-refractivity contribution in [3.63, 3.8) is 0 Å². The van der Waals surface area contributed by atoms with Crippen molar-refractivity contribution < 1.29 is 19.4 Å². The SMILES string of the molecule is CC(COC(C)(C)O)c1ccnc(-c2cccc3cc(Cc4cc(NC(=O)OC(C)(C)C)ncc4Cl)sc23)c1. The molecule has 0 aliphatic rings. The highest BCUT2D eigenvalue weighted by Crippen LogP contribution is 2.36. The van der Waals surface area contributed by atoms with Gasteiger partial charge in [-0.2, -0.15) is 0 Å². The van der Waals surface area contributed by atoms with E-state index in [0.29, 0.717) is 23.9 Å². The Bertz CT molecular complexity index is 1470. The Labute approximate surface area is 238 Å². The van der Waals surface area contributed by atoms with Gasteiger partial charge in [-0.25, -0.2) is 9.78 Å². The first-order valence-electron chi connectivity index (χ1n) is 12.8. The van der Waals surface area contributed by atoms with Crippen LogP contribution in [0.5, 0.6) is 0 Å². The van der Waals surface area contributed by atoms with Crippen LogP contribution in [0.4, 0.5) is 10.6 Å². The van der Waals surface area contributed by atoms with Gasteiger partial charge >= 0.3 is 6.09 Å². The van der Waals surface area contributed by atoms with E-state index in [0.717, 1.165) is 37.3 Å². The molecular formula is C30H34ClN3O4S. The van der Waals surface area contributed by atoms with Gasteiger partial charge in [-0.1, -0.05) is 36.7 Å². The molecule has 4 rings (SSSR count). The highest BCUT2D eigenvalue weighted by Gasteiger charge is 2.19. The number of anilines is 1. The molecule has 206 valence electrons. The summed E-state index contributed by atoms with van der Waals surface area (Å²) in [5.74, 6) is -0.698. The third-order valence-corrected chi connectivity index (χ3v) is 7.36. The van der Waals surface area contributed by atoms with E-state index in [-0.39, 0.29) is 5.92 Å². The number of fused-ring (bicyclic) bond motifs is 1. The van der Waals surface area contributed by atoms with E-state index >= 15 is 0 Å². The number of benzene rings is 1. The zero-order chi connectivity index (χ0) is 28.4. The standard InChI is InChI=1S/C30H34ClN3O4S/c1-18(17-37-30(5,6)36)19-10-11-32-25(14-19)23-9-7-8-20-12-22(39-27(20)23)13-21-15-26(33-16-24(21)31)34-28(35)38-29(2,3)4/h7-12,14-16,18,36H,13,17H2,1-6H3,(H,33,34,35). The Balaban J connectivity index is 1.57. The van der Waals surface area contributed by atoms with Crippen molar-refractivity contribution in [2.45, 2.75) is 65.3 Å². The number of carbonyl (C=O) groups excluding carboxylic acids is 1. The van der Waals surface area contributed by atoms with Crippen molar-refractivity contribution in [1.82, 2.24) is 9.97 Å². The fourth-order valence-corrected chi connectivity index (χ4v) is 5.38. The number of carbonyl (C=O) groups is 1. The molecule has 0 radical (unpaired) electrons. The van der Waals surface area contributed by atoms with Crippen LogP contribution in [0, 0.1) is 0 Å². The number of pyridine rings is 2. The summed E-state index contributed by atoms with van der Waals surface area (Å²) in [5.41, 5.74) is 3.27. The number of amides is 1. The van der Waals surface area contributed by atoms with Crippen LogP contribution in [0.2, 0.25) is 5.02 Å². The molecule has 1 aromatic carbocycles. The molecule has 3 aromatic heterocycles. The number of halogens is 1. The van der Waals surface area contributed by atoms with Gasteiger partial charge in [-0.05, 0) is 75.4 Å². The first kappa shape index (κ1) is 29.0. The number of ether oxygens (including phenoxy) is 2. The van der Waals surface area contributed by atoms with Gasteiger partial charge in [0.15, 0.2) is 5.79 Å². The fourth-order valence-electron chi connectivity index (χ4n) is 4.01. The monoisotopic (exact) mass is 567 g/mol. The van der Waals surface area contributed by atoms with Crippen LogP contribution < -0.4 is 5.32 Å². The van der Waals surface area contributed by atoms with Crippen molar-refractivity contribution in [2.24, 2.45) is 0 Å². The van der Waals surface area contributed by atoms with E-state index in [4.69, 9.17) is 21.1 Å². The van der Waals surface area contributed by atoms with Crippen molar-refractivity contribution in [3.8, 4) is 11.3 Å². The maximum Gasteiger partial charge on any atom is 0.413 e. The van der Waals surface area contributed by atoms with Gasteiger partial charge in [-0.3, -0.25) is 10.3 Å². The van der Waals surface area contributed by atoms with Gasteiger partial charge in [0.05, 0.1) is 17.3 Å². The Morgan fingerprint density at radius 1 is 1.13 bits per heavy atom. The minimum atomic E-state index is -1.17. The van der Waals surface area contributed by atoms with Crippen LogP contribution in [-0.2, 0) is 15.9 Å². The third kappa shape index (κ3) is 7.99. The van der Waals surface area contributed by atoms with Crippen LogP contribution in [0.3, 0.4) is 0 Å². The fraction of sp³-hybridized carbons (Fsp3) is 0.367. The Hall–Kier alpha value is -3.04. The molecule has 1 atom stereocenters. The summed E-state index contributed by atoms with van der Waals surface area (Å²) in [4.78, 5) is 22.2. The third-order valence-electron chi connectivity index (χ3n) is 5.84. The molecule has 3 heterocycles. The van der Waals surface area contributed by atoms with E-state index in [2.05, 4.69) is 46.5 Å². The summed E-state index contributed by atoms with van der Waals surface area (Å²) in [6, 6.07) is 14.2. The van der Waals surface area contributed by atoms with Gasteiger partial charge in [0.2, 0.25) is 0 Å². The summed E-state index contributed by atoms with van der Waals surface area (Å²) < 4.78 is 12.0. The van der Waals surface area contributed by atoms with Gasteiger partial charge < -0.3 is 14.6 Å². The van der Waals surface area contributed by atoms with E-state index in [9.17, 15) is 9.90 Å². The molecule has 0 aliphatic heterocycles. The largest absolute Gasteiger partial charge is 0.444 e. The summed E-state index contributed by atoms with van der Waals surface area (Å²) >= 11 is 8.17. The quantitative estimate of drug-likeness (QED) is 0.211. The minimum Gasteiger partial charge on any atom is -0.444 e. The number of hydrogen-bond acceptors (Lipinski definition) is 7. The highest BCUT2D eigenvalue weighted by atomic mass is 35.5. The van der Waals surface area contributed by atoms with Gasteiger partial charge in [-0.15, -0.1) is 11.3 Å². The van der Waals surface area contributed by atoms with Crippen molar-refractivity contribution in [2.75, 3.05) is 11.9 Å². The molecule has 4 aromatic rings. The van der Waals surface area contributed by atoms with Crippen LogP contribution in [-0.4, -0.2) is 39.2 Å². The summed E-state index contributed by atoms with van der Waals surface area (Å²) in [6.45, 7) is 11.1. The van der Waals surface area contributed by atoms with Crippen LogP contribution in [0.1, 0.15) is 63.5 Å². The normalized spacial score (nSPS) is 12.9. The topological polar surface area (TPSA) is 93.6 Å². The zero-order valence-electron chi connectivity index (χ0n) is 23.0. The molecule has 0 aliphatic carbocycles. The first-order valence-corrected chi connectivity index (χ1v) is 14.0. The summed E-state index contributed by atoms with van der Waals surface area (Å²) in [5, 5.41) is 14.2. The second-order valence-corrected chi connectivity index (χ2v) is 12.6. The van der Waals surface area contributed by atoms with Crippen LogP contribution >= 0.6 is 22.9 Å². The second-order valence-electron chi connectivity index (χ2n) is 11.0. The van der Waals surface area contributed by atoms with E-state index in [1.807, 2.05) is 39.1 Å². The van der Waals surface area contributed by atoms with E-state index in [1.165, 1.54) is 0 Å². The smallest absolute Gasteiger partial charge is 0.413 e. The average molecular weight is 568 g/mol. The Kier molecular flexibility index (Phi) is 8.61. The average Bonchev–Trinajstić information content (AvgIpc) is 3.25. The minimum absolute atomic E-state index is 0.0913. The Morgan fingerprint density at radius 2 is 1.90 bits per heavy atom. The lowest BCUT2D eigenvalue weighted by atomic mass is 10.00. The molecule has 2 N–H and O–H groups in total. The van der Waals surface area contributed by atoms with E-state index in [1.54, 1.807) is 37.4 Å². The molecule has 0 bridgehead atoms. The summed E-state index contributed by atoms with van der Waals surface area (Å²) in [6.07, 6.45) is 3.38. The first-order chi connectivity index (χ1) is 18.3. The molecule has 0 fully saturated rings. The molecule has 1 amide bonds. The second kappa shape index (κ2) is 11.6. The highest BCUT2D eigenvalue weighted by molar-refractivity contribution is 7.19. The number of nitrogens with one attached hydrogen (secondary N) is 1. The Morgan fingerprint density at radius 3 is 2.62 bits per heavy atom. The molecule has 1 unspecified atom stereocenters. The lowest BCUT2D eigenvalue weighted by molar-refractivity contribution is -0.178. The maximum atomic E-state index is 12.2. The van der Waals surface area contributed by atoms with Gasteiger partial charge in [0.25, 0.3) is 0 Å². The molecule has 39 heavy (non-hydrogen) atoms. The molecule has 9 heteroatoms. The predicted molar refractivity (Wildman–Crippen MR) is 158 cm³/mol. The number of aliphatic hydroxyl groups is 1. The van der Waals surface area contributed by atoms with Crippen molar-refractivity contribution >= 4 is 44.9 Å². The number of aromatic nitrogens is 2. The molecule has 7 nitrogen and oxygen atoms in total. The van der Waals surface area contributed by atoms with Crippen molar-refractivity contribution in [3.05, 3.63) is 75.9 Å². The predicted octanol–water partition coefficient (Wildman–Crippen LogP) is 7.80. The number of hydrogen-bond donors (Lipinski definition) is 2. The van der Waals surface area contributed by atoms with Crippen molar-refractivity contribution in [1.29, 1.82) is 0 Å². The van der Waals surface area contributed by atoms with Gasteiger partial charge in [0, 0.05) is 39.9 Å². The van der Waals surface area contributed by atoms with Crippen LogP contribution in [0.15, 0.2) is 54.9 Å². The van der Waals surface area contributed by atoms with E-state index < -0.39 is 17.5 Å². The number of thiophene rings is 1. The van der Waals surface area contributed by atoms with Crippen LogP contribution in [0.25, 0.3) is 21.3 Å². The lowest BCUT2D eigenvalue weighted by Gasteiger charge is -2.21. The number of rotatable bonds is 8. The molecule has 0 spiro atoms. The summed E-state index contributed by atoms with van der Waals surface area (Å²) in [7, 11) is 0. The molecule has 0 saturated carbocycles. The number of nitrogens with zero attached hydrogens (tertiary/aromatic N) is 2. The molecule has 0 saturated heterocycles. The maximum absolute atomic E-state index is 12.2. The molecular weight excluding hydrogens is 534 g/mol. The zero-order valence-corrected chi connectivity index (χ0v) is 24.6.